The molecule has 0 spiro atoms. The molecule has 0 aliphatic heterocycles. The molecule has 70 valence electrons. The van der Waals surface area contributed by atoms with E-state index in [0.29, 0.717) is 17.9 Å². The fourth-order valence-corrected chi connectivity index (χ4v) is 1.31. The van der Waals surface area contributed by atoms with Crippen LogP contribution in [0.25, 0.3) is 0 Å². The van der Waals surface area contributed by atoms with Gasteiger partial charge in [-0.3, -0.25) is 4.79 Å². The third-order valence-corrected chi connectivity index (χ3v) is 2.04. The van der Waals surface area contributed by atoms with Crippen molar-refractivity contribution in [2.45, 2.75) is 13.3 Å². The summed E-state index contributed by atoms with van der Waals surface area (Å²) < 4.78 is 0. The highest BCUT2D eigenvalue weighted by Gasteiger charge is 2.04. The number of carbonyl (C=O) groups excluding carboxylic acids is 1. The van der Waals surface area contributed by atoms with Crippen LogP contribution in [0.3, 0.4) is 0 Å². The number of rotatable bonds is 3. The number of halogens is 1. The zero-order valence-electron chi connectivity index (χ0n) is 7.38. The van der Waals surface area contributed by atoms with E-state index in [1.807, 2.05) is 0 Å². The number of benzene rings is 1. The maximum absolute atomic E-state index is 11.0. The van der Waals surface area contributed by atoms with Gasteiger partial charge in [-0.05, 0) is 37.1 Å². The molecule has 1 aromatic rings. The molecule has 2 nitrogen and oxygen atoms in total. The minimum atomic E-state index is -0.00387. The highest BCUT2D eigenvalue weighted by atomic mass is 35.5. The number of Topliss-reactive ketones (excluding diaryl/α,β-unsaturated/α-hetero) is 1. The predicted molar refractivity (Wildman–Crippen MR) is 52.5 cm³/mol. The van der Waals surface area contributed by atoms with Gasteiger partial charge >= 0.3 is 0 Å². The van der Waals surface area contributed by atoms with Crippen molar-refractivity contribution < 1.29 is 9.90 Å². The minimum Gasteiger partial charge on any atom is -0.508 e. The topological polar surface area (TPSA) is 37.3 Å². The van der Waals surface area contributed by atoms with Crippen molar-refractivity contribution >= 4 is 17.4 Å². The number of ketones is 1. The average Bonchev–Trinajstić information content (AvgIpc) is 2.08. The van der Waals surface area contributed by atoms with E-state index < -0.39 is 0 Å². The summed E-state index contributed by atoms with van der Waals surface area (Å²) in [7, 11) is 0. The second kappa shape index (κ2) is 4.28. The first-order valence-corrected chi connectivity index (χ1v) is 4.57. The highest BCUT2D eigenvalue weighted by Crippen LogP contribution is 2.19. The maximum atomic E-state index is 11.0. The first-order valence-electron chi connectivity index (χ1n) is 4.04. The molecule has 13 heavy (non-hydrogen) atoms. The van der Waals surface area contributed by atoms with Gasteiger partial charge in [0, 0.05) is 11.4 Å². The Kier molecular flexibility index (Phi) is 3.32. The van der Waals surface area contributed by atoms with Crippen LogP contribution in [0.5, 0.6) is 5.75 Å². The van der Waals surface area contributed by atoms with Gasteiger partial charge in [-0.25, -0.2) is 0 Å². The van der Waals surface area contributed by atoms with Crippen molar-refractivity contribution in [1.82, 2.24) is 0 Å². The van der Waals surface area contributed by atoms with Crippen LogP contribution in [-0.4, -0.2) is 16.8 Å². The van der Waals surface area contributed by atoms with Crippen LogP contribution in [0, 0.1) is 0 Å². The van der Waals surface area contributed by atoms with Crippen molar-refractivity contribution in [3.63, 3.8) is 0 Å². The fourth-order valence-electron chi connectivity index (χ4n) is 1.11. The lowest BCUT2D eigenvalue weighted by molar-refractivity contribution is 0.101. The van der Waals surface area contributed by atoms with Gasteiger partial charge < -0.3 is 5.11 Å². The second-order valence-electron chi connectivity index (χ2n) is 2.84. The molecule has 3 heteroatoms. The van der Waals surface area contributed by atoms with E-state index in [2.05, 4.69) is 0 Å². The molecule has 1 rings (SSSR count). The Morgan fingerprint density at radius 2 is 2.23 bits per heavy atom. The molecule has 1 N–H and O–H groups in total. The quantitative estimate of drug-likeness (QED) is 0.598. The number of aromatic hydroxyl groups is 1. The third-order valence-electron chi connectivity index (χ3n) is 1.85. The van der Waals surface area contributed by atoms with Crippen LogP contribution in [0.4, 0.5) is 0 Å². The van der Waals surface area contributed by atoms with Gasteiger partial charge in [-0.15, -0.1) is 11.6 Å². The molecule has 0 amide bonds. The zero-order chi connectivity index (χ0) is 9.84. The van der Waals surface area contributed by atoms with Gasteiger partial charge in [0.1, 0.15) is 5.75 Å². The van der Waals surface area contributed by atoms with Crippen molar-refractivity contribution in [2.75, 3.05) is 5.88 Å². The van der Waals surface area contributed by atoms with Gasteiger partial charge in [-0.2, -0.15) is 0 Å². The van der Waals surface area contributed by atoms with E-state index in [1.165, 1.54) is 13.0 Å². The lowest BCUT2D eigenvalue weighted by atomic mass is 10.1. The Balaban J connectivity index is 3.03. The monoisotopic (exact) mass is 198 g/mol. The van der Waals surface area contributed by atoms with E-state index in [-0.39, 0.29) is 11.5 Å². The molecule has 0 unspecified atom stereocenters. The van der Waals surface area contributed by atoms with Crippen molar-refractivity contribution in [1.29, 1.82) is 0 Å². The summed E-state index contributed by atoms with van der Waals surface area (Å²) >= 11 is 5.54. The van der Waals surface area contributed by atoms with Crippen LogP contribution in [-0.2, 0) is 6.42 Å². The van der Waals surface area contributed by atoms with Crippen LogP contribution in [0.1, 0.15) is 22.8 Å². The Morgan fingerprint density at radius 1 is 1.54 bits per heavy atom. The van der Waals surface area contributed by atoms with Gasteiger partial charge in [0.2, 0.25) is 0 Å². The lowest BCUT2D eigenvalue weighted by Crippen LogP contribution is -1.95. The van der Waals surface area contributed by atoms with Gasteiger partial charge in [-0.1, -0.05) is 0 Å². The van der Waals surface area contributed by atoms with Crippen LogP contribution in [0.2, 0.25) is 0 Å². The maximum Gasteiger partial charge on any atom is 0.159 e. The summed E-state index contributed by atoms with van der Waals surface area (Å²) in [5.74, 6) is 0.635. The third kappa shape index (κ3) is 2.46. The second-order valence-corrected chi connectivity index (χ2v) is 3.22. The van der Waals surface area contributed by atoms with Crippen molar-refractivity contribution in [2.24, 2.45) is 0 Å². The number of carbonyl (C=O) groups is 1. The summed E-state index contributed by atoms with van der Waals surface area (Å²) in [6.07, 6.45) is 0.578. The molecular formula is C10H11ClO2. The minimum absolute atomic E-state index is 0.00387. The summed E-state index contributed by atoms with van der Waals surface area (Å²) in [5, 5.41) is 9.38. The zero-order valence-corrected chi connectivity index (χ0v) is 8.14. The molecule has 0 aliphatic carbocycles. The molecule has 0 atom stereocenters. The predicted octanol–water partition coefficient (Wildman–Crippen LogP) is 2.38. The summed E-state index contributed by atoms with van der Waals surface area (Å²) in [5.41, 5.74) is 1.33. The molecule has 0 saturated carbocycles. The first kappa shape index (κ1) is 10.1. The number of phenols is 1. The lowest BCUT2D eigenvalue weighted by Gasteiger charge is -2.03. The Hall–Kier alpha value is -1.02. The average molecular weight is 199 g/mol. The number of hydrogen-bond acceptors (Lipinski definition) is 2. The molecule has 0 fully saturated rings. The smallest absolute Gasteiger partial charge is 0.159 e. The number of aryl methyl sites for hydroxylation is 1. The van der Waals surface area contributed by atoms with Gasteiger partial charge in [0.05, 0.1) is 0 Å². The van der Waals surface area contributed by atoms with Crippen LogP contribution in [0.15, 0.2) is 18.2 Å². The van der Waals surface area contributed by atoms with E-state index >= 15 is 0 Å². The normalized spacial score (nSPS) is 10.0. The summed E-state index contributed by atoms with van der Waals surface area (Å²) in [4.78, 5) is 11.0. The number of alkyl halides is 1. The van der Waals surface area contributed by atoms with E-state index in [0.717, 1.165) is 5.56 Å². The molecule has 1 aromatic carbocycles. The van der Waals surface area contributed by atoms with Gasteiger partial charge in [0.25, 0.3) is 0 Å². The molecule has 0 saturated heterocycles. The highest BCUT2D eigenvalue weighted by molar-refractivity contribution is 6.18. The van der Waals surface area contributed by atoms with Crippen LogP contribution < -0.4 is 0 Å². The molecule has 0 heterocycles. The molecule has 0 bridgehead atoms. The van der Waals surface area contributed by atoms with Gasteiger partial charge in [0.15, 0.2) is 5.78 Å². The Bertz CT molecular complexity index is 321. The Morgan fingerprint density at radius 3 is 2.77 bits per heavy atom. The van der Waals surface area contributed by atoms with Crippen molar-refractivity contribution in [3.05, 3.63) is 29.3 Å². The van der Waals surface area contributed by atoms with E-state index in [9.17, 15) is 9.90 Å². The largest absolute Gasteiger partial charge is 0.508 e. The standard InChI is InChI=1S/C10H11ClO2/c1-7(12)8-2-3-10(13)9(6-8)4-5-11/h2-3,6,13H,4-5H2,1H3. The summed E-state index contributed by atoms with van der Waals surface area (Å²) in [6.45, 7) is 1.50. The van der Waals surface area contributed by atoms with Crippen molar-refractivity contribution in [3.8, 4) is 5.75 Å². The first-order chi connectivity index (χ1) is 6.15. The summed E-state index contributed by atoms with van der Waals surface area (Å²) in [6, 6.07) is 4.81. The molecular weight excluding hydrogens is 188 g/mol. The fraction of sp³-hybridized carbons (Fsp3) is 0.300. The molecule has 0 aromatic heterocycles. The number of phenolic OH excluding ortho intramolecular Hbond substituents is 1. The van der Waals surface area contributed by atoms with Crippen LogP contribution >= 0.6 is 11.6 Å². The van der Waals surface area contributed by atoms with E-state index in [4.69, 9.17) is 11.6 Å². The Labute approximate surface area is 82.2 Å². The SMILES string of the molecule is CC(=O)c1ccc(O)c(CCCl)c1. The molecule has 0 aliphatic rings. The van der Waals surface area contributed by atoms with E-state index in [1.54, 1.807) is 12.1 Å². The number of hydrogen-bond donors (Lipinski definition) is 1. The molecule has 0 radical (unpaired) electrons.